The van der Waals surface area contributed by atoms with E-state index in [2.05, 4.69) is 0 Å². The second-order valence-electron chi connectivity index (χ2n) is 6.20. The lowest BCUT2D eigenvalue weighted by Gasteiger charge is -2.34. The summed E-state index contributed by atoms with van der Waals surface area (Å²) in [7, 11) is -2.04. The van der Waals surface area contributed by atoms with E-state index < -0.39 is 10.0 Å². The zero-order valence-corrected chi connectivity index (χ0v) is 17.8. The Morgan fingerprint density at radius 2 is 1.64 bits per heavy atom. The van der Waals surface area contributed by atoms with Gasteiger partial charge in [-0.15, -0.1) is 11.8 Å². The van der Waals surface area contributed by atoms with Crippen LogP contribution in [0.5, 0.6) is 5.75 Å². The molecule has 9 heteroatoms. The first-order chi connectivity index (χ1) is 13.4. The minimum Gasteiger partial charge on any atom is -0.497 e. The number of carbonyl (C=O) groups excluding carboxylic acids is 1. The lowest BCUT2D eigenvalue weighted by atomic mass is 10.3. The fraction of sp³-hybridized carbons (Fsp3) is 0.316. The number of hydrogen-bond donors (Lipinski definition) is 0. The van der Waals surface area contributed by atoms with E-state index in [-0.39, 0.29) is 23.9 Å². The van der Waals surface area contributed by atoms with Crippen molar-refractivity contribution in [3.8, 4) is 5.75 Å². The van der Waals surface area contributed by atoms with Crippen LogP contribution in [0.1, 0.15) is 0 Å². The summed E-state index contributed by atoms with van der Waals surface area (Å²) in [6.45, 7) is 1.34. The maximum Gasteiger partial charge on any atom is 0.243 e. The molecule has 2 aromatic carbocycles. The maximum atomic E-state index is 12.8. The van der Waals surface area contributed by atoms with Gasteiger partial charge in [0.2, 0.25) is 15.9 Å². The Morgan fingerprint density at radius 1 is 1.04 bits per heavy atom. The van der Waals surface area contributed by atoms with E-state index in [9.17, 15) is 13.2 Å². The number of piperazine rings is 1. The van der Waals surface area contributed by atoms with Gasteiger partial charge in [0, 0.05) is 36.1 Å². The molecule has 0 aromatic heterocycles. The van der Waals surface area contributed by atoms with Crippen LogP contribution in [-0.2, 0) is 14.8 Å². The molecule has 6 nitrogen and oxygen atoms in total. The first-order valence-corrected chi connectivity index (χ1v) is 11.5. The number of methoxy groups -OCH3 is 1. The largest absolute Gasteiger partial charge is 0.497 e. The Bertz CT molecular complexity index is 910. The van der Waals surface area contributed by atoms with Crippen LogP contribution in [-0.4, -0.2) is 62.6 Å². The van der Waals surface area contributed by atoms with Gasteiger partial charge >= 0.3 is 0 Å². The van der Waals surface area contributed by atoms with Crippen molar-refractivity contribution in [2.24, 2.45) is 0 Å². The average molecular weight is 441 g/mol. The first-order valence-electron chi connectivity index (χ1n) is 8.70. The van der Waals surface area contributed by atoms with Gasteiger partial charge in [0.25, 0.3) is 0 Å². The Balaban J connectivity index is 1.54. The van der Waals surface area contributed by atoms with E-state index in [1.54, 1.807) is 29.2 Å². The van der Waals surface area contributed by atoms with Gasteiger partial charge in [-0.2, -0.15) is 4.31 Å². The highest BCUT2D eigenvalue weighted by Gasteiger charge is 2.30. The molecule has 1 aliphatic heterocycles. The summed E-state index contributed by atoms with van der Waals surface area (Å²) in [5.41, 5.74) is 0. The van der Waals surface area contributed by atoms with Crippen molar-refractivity contribution >= 4 is 39.3 Å². The molecule has 0 radical (unpaired) electrons. The predicted molar refractivity (Wildman–Crippen MR) is 111 cm³/mol. The monoisotopic (exact) mass is 440 g/mol. The van der Waals surface area contributed by atoms with Gasteiger partial charge in [-0.25, -0.2) is 8.42 Å². The Hall–Kier alpha value is -1.74. The van der Waals surface area contributed by atoms with Crippen LogP contribution in [0.2, 0.25) is 5.02 Å². The van der Waals surface area contributed by atoms with E-state index >= 15 is 0 Å². The fourth-order valence-electron chi connectivity index (χ4n) is 2.84. The van der Waals surface area contributed by atoms with E-state index in [1.165, 1.54) is 35.3 Å². The summed E-state index contributed by atoms with van der Waals surface area (Å²) in [6.07, 6.45) is 0. The molecule has 0 atom stereocenters. The summed E-state index contributed by atoms with van der Waals surface area (Å²) in [5, 5.41) is 0.657. The maximum absolute atomic E-state index is 12.8. The number of benzene rings is 2. The van der Waals surface area contributed by atoms with Crippen LogP contribution < -0.4 is 4.74 Å². The summed E-state index contributed by atoms with van der Waals surface area (Å²) in [5.74, 6) is 0.918. The molecule has 0 spiro atoms. The van der Waals surface area contributed by atoms with Crippen LogP contribution in [0.15, 0.2) is 58.3 Å². The standard InChI is InChI=1S/C19H21ClN2O4S2/c1-26-16-4-8-18(9-5-16)28(24,25)22-12-10-21(11-13-22)19(23)14-27-17-6-2-15(20)3-7-17/h2-9H,10-14H2,1H3. The summed E-state index contributed by atoms with van der Waals surface area (Å²) in [4.78, 5) is 15.3. The van der Waals surface area contributed by atoms with E-state index in [1.807, 2.05) is 12.1 Å². The molecule has 1 saturated heterocycles. The number of ether oxygens (including phenoxy) is 1. The fourth-order valence-corrected chi connectivity index (χ4v) is 5.19. The molecule has 0 N–H and O–H groups in total. The van der Waals surface area contributed by atoms with Gasteiger partial charge in [0.15, 0.2) is 0 Å². The number of hydrogen-bond acceptors (Lipinski definition) is 5. The molecular weight excluding hydrogens is 420 g/mol. The van der Waals surface area contributed by atoms with Crippen molar-refractivity contribution in [3.63, 3.8) is 0 Å². The van der Waals surface area contributed by atoms with Crippen molar-refractivity contribution in [3.05, 3.63) is 53.6 Å². The number of amides is 1. The van der Waals surface area contributed by atoms with Crippen LogP contribution >= 0.6 is 23.4 Å². The number of carbonyl (C=O) groups is 1. The molecule has 28 heavy (non-hydrogen) atoms. The van der Waals surface area contributed by atoms with Crippen molar-refractivity contribution < 1.29 is 17.9 Å². The van der Waals surface area contributed by atoms with Gasteiger partial charge in [-0.05, 0) is 48.5 Å². The van der Waals surface area contributed by atoms with E-state index in [4.69, 9.17) is 16.3 Å². The van der Waals surface area contributed by atoms with Crippen molar-refractivity contribution in [1.29, 1.82) is 0 Å². The Labute approximate surface area is 174 Å². The number of thioether (sulfide) groups is 1. The third kappa shape index (κ3) is 5.00. The normalized spacial score (nSPS) is 15.4. The molecule has 1 fully saturated rings. The third-order valence-electron chi connectivity index (χ3n) is 4.46. The van der Waals surface area contributed by atoms with Gasteiger partial charge < -0.3 is 9.64 Å². The summed E-state index contributed by atoms with van der Waals surface area (Å²) in [6, 6.07) is 13.7. The van der Waals surface area contributed by atoms with E-state index in [0.29, 0.717) is 29.6 Å². The van der Waals surface area contributed by atoms with Crippen molar-refractivity contribution in [2.45, 2.75) is 9.79 Å². The van der Waals surface area contributed by atoms with Crippen LogP contribution in [0.3, 0.4) is 0 Å². The highest BCUT2D eigenvalue weighted by atomic mass is 35.5. The summed E-state index contributed by atoms with van der Waals surface area (Å²) < 4.78 is 32.0. The predicted octanol–water partition coefficient (Wildman–Crippen LogP) is 2.97. The Morgan fingerprint density at radius 3 is 2.21 bits per heavy atom. The zero-order chi connectivity index (χ0) is 20.1. The van der Waals surface area contributed by atoms with Crippen molar-refractivity contribution in [2.75, 3.05) is 39.0 Å². The second-order valence-corrected chi connectivity index (χ2v) is 9.63. The highest BCUT2D eigenvalue weighted by molar-refractivity contribution is 8.00. The van der Waals surface area contributed by atoms with Crippen molar-refractivity contribution in [1.82, 2.24) is 9.21 Å². The number of sulfonamides is 1. The zero-order valence-electron chi connectivity index (χ0n) is 15.4. The molecular formula is C19H21ClN2O4S2. The van der Waals surface area contributed by atoms with Gasteiger partial charge in [0.1, 0.15) is 5.75 Å². The number of rotatable bonds is 6. The van der Waals surface area contributed by atoms with Gasteiger partial charge in [0.05, 0.1) is 17.8 Å². The topological polar surface area (TPSA) is 66.9 Å². The third-order valence-corrected chi connectivity index (χ3v) is 7.63. The molecule has 0 unspecified atom stereocenters. The molecule has 1 amide bonds. The quantitative estimate of drug-likeness (QED) is 0.646. The first kappa shape index (κ1) is 21.0. The van der Waals surface area contributed by atoms with E-state index in [0.717, 1.165) is 4.90 Å². The van der Waals surface area contributed by atoms with Gasteiger partial charge in [-0.3, -0.25) is 4.79 Å². The summed E-state index contributed by atoms with van der Waals surface area (Å²) >= 11 is 7.31. The second kappa shape index (κ2) is 9.17. The molecule has 150 valence electrons. The minimum atomic E-state index is -3.57. The molecule has 2 aromatic rings. The lowest BCUT2D eigenvalue weighted by molar-refractivity contribution is -0.129. The SMILES string of the molecule is COc1ccc(S(=O)(=O)N2CCN(C(=O)CSc3ccc(Cl)cc3)CC2)cc1. The van der Waals surface area contributed by atoms with Crippen LogP contribution in [0, 0.1) is 0 Å². The molecule has 0 aliphatic carbocycles. The van der Waals surface area contributed by atoms with Crippen LogP contribution in [0.25, 0.3) is 0 Å². The molecule has 1 aliphatic rings. The molecule has 3 rings (SSSR count). The molecule has 1 heterocycles. The smallest absolute Gasteiger partial charge is 0.243 e. The highest BCUT2D eigenvalue weighted by Crippen LogP contribution is 2.23. The molecule has 0 bridgehead atoms. The number of nitrogens with zero attached hydrogens (tertiary/aromatic N) is 2. The lowest BCUT2D eigenvalue weighted by Crippen LogP contribution is -2.50. The number of halogens is 1. The van der Waals surface area contributed by atoms with Gasteiger partial charge in [-0.1, -0.05) is 11.6 Å². The van der Waals surface area contributed by atoms with Crippen LogP contribution in [0.4, 0.5) is 0 Å². The Kier molecular flexibility index (Phi) is 6.87. The average Bonchev–Trinajstić information content (AvgIpc) is 2.73. The molecule has 0 saturated carbocycles. The minimum absolute atomic E-state index is 0.00134.